The third-order valence-corrected chi connectivity index (χ3v) is 3.66. The molecular formula is C15H24N2O. The van der Waals surface area contributed by atoms with Gasteiger partial charge in [-0.05, 0) is 37.0 Å². The smallest absolute Gasteiger partial charge is 0.0667 e. The molecule has 0 bridgehead atoms. The van der Waals surface area contributed by atoms with Crippen molar-refractivity contribution in [1.82, 2.24) is 5.32 Å². The lowest BCUT2D eigenvalue weighted by atomic mass is 9.99. The lowest BCUT2D eigenvalue weighted by molar-refractivity contribution is 0.117. The van der Waals surface area contributed by atoms with Crippen molar-refractivity contribution in [2.75, 3.05) is 32.1 Å². The Morgan fingerprint density at radius 2 is 2.28 bits per heavy atom. The van der Waals surface area contributed by atoms with Gasteiger partial charge in [-0.25, -0.2) is 0 Å². The van der Waals surface area contributed by atoms with Crippen LogP contribution in [0.3, 0.4) is 0 Å². The summed E-state index contributed by atoms with van der Waals surface area (Å²) in [5.74, 6) is 0. The normalized spacial score (nSPS) is 16.5. The van der Waals surface area contributed by atoms with Crippen molar-refractivity contribution >= 4 is 5.69 Å². The van der Waals surface area contributed by atoms with Gasteiger partial charge in [-0.2, -0.15) is 0 Å². The quantitative estimate of drug-likeness (QED) is 0.864. The molecule has 0 aromatic heterocycles. The van der Waals surface area contributed by atoms with Crippen molar-refractivity contribution in [2.45, 2.75) is 32.4 Å². The molecule has 18 heavy (non-hydrogen) atoms. The largest absolute Gasteiger partial charge is 0.380 e. The van der Waals surface area contributed by atoms with Gasteiger partial charge in [0, 0.05) is 39.5 Å². The Morgan fingerprint density at radius 3 is 3.06 bits per heavy atom. The van der Waals surface area contributed by atoms with E-state index in [0.29, 0.717) is 0 Å². The molecule has 100 valence electrons. The van der Waals surface area contributed by atoms with Gasteiger partial charge < -0.3 is 15.0 Å². The fraction of sp³-hybridized carbons (Fsp3) is 0.600. The molecule has 1 aromatic rings. The first kappa shape index (κ1) is 13.4. The van der Waals surface area contributed by atoms with Crippen LogP contribution in [0.15, 0.2) is 18.2 Å². The first-order valence-electron chi connectivity index (χ1n) is 6.77. The van der Waals surface area contributed by atoms with Crippen molar-refractivity contribution in [2.24, 2.45) is 0 Å². The van der Waals surface area contributed by atoms with Crippen LogP contribution in [0.4, 0.5) is 5.69 Å². The van der Waals surface area contributed by atoms with Crippen molar-refractivity contribution in [1.29, 1.82) is 0 Å². The van der Waals surface area contributed by atoms with E-state index in [1.807, 2.05) is 0 Å². The summed E-state index contributed by atoms with van der Waals surface area (Å²) in [6.45, 7) is 5.07. The lowest BCUT2D eigenvalue weighted by Gasteiger charge is -2.27. The monoisotopic (exact) mass is 248 g/mol. The van der Waals surface area contributed by atoms with E-state index >= 15 is 0 Å². The van der Waals surface area contributed by atoms with Crippen LogP contribution in [0.1, 0.15) is 24.5 Å². The van der Waals surface area contributed by atoms with E-state index in [-0.39, 0.29) is 6.10 Å². The van der Waals surface area contributed by atoms with Gasteiger partial charge in [-0.1, -0.05) is 12.1 Å². The number of nitrogens with zero attached hydrogens (tertiary/aromatic N) is 1. The molecule has 0 saturated heterocycles. The highest BCUT2D eigenvalue weighted by Gasteiger charge is 2.13. The van der Waals surface area contributed by atoms with Crippen LogP contribution in [0.25, 0.3) is 0 Å². The summed E-state index contributed by atoms with van der Waals surface area (Å²) in [6, 6.07) is 6.83. The molecule has 1 aromatic carbocycles. The van der Waals surface area contributed by atoms with Gasteiger partial charge in [0.1, 0.15) is 0 Å². The standard InChI is InChI=1S/C15H24N2O/c1-12(18-3)10-16-11-13-6-7-15-14(9-13)5-4-8-17(15)2/h6-7,9,12,16H,4-5,8,10-11H2,1-3H3. The zero-order chi connectivity index (χ0) is 13.0. The summed E-state index contributed by atoms with van der Waals surface area (Å²) in [7, 11) is 3.93. The Kier molecular flexibility index (Phi) is 4.61. The molecule has 1 aliphatic rings. The number of fused-ring (bicyclic) bond motifs is 1. The average molecular weight is 248 g/mol. The van der Waals surface area contributed by atoms with E-state index in [0.717, 1.165) is 13.1 Å². The van der Waals surface area contributed by atoms with E-state index < -0.39 is 0 Å². The number of ether oxygens (including phenoxy) is 1. The van der Waals surface area contributed by atoms with Gasteiger partial charge in [0.15, 0.2) is 0 Å². The number of rotatable bonds is 5. The van der Waals surface area contributed by atoms with Crippen LogP contribution in [0.5, 0.6) is 0 Å². The van der Waals surface area contributed by atoms with Crippen molar-refractivity contribution < 1.29 is 4.74 Å². The summed E-state index contributed by atoms with van der Waals surface area (Å²) < 4.78 is 5.22. The highest BCUT2D eigenvalue weighted by molar-refractivity contribution is 5.56. The van der Waals surface area contributed by atoms with Crippen LogP contribution in [-0.2, 0) is 17.7 Å². The molecule has 0 fully saturated rings. The molecule has 3 nitrogen and oxygen atoms in total. The highest BCUT2D eigenvalue weighted by Crippen LogP contribution is 2.26. The molecule has 1 N–H and O–H groups in total. The molecule has 0 spiro atoms. The Balaban J connectivity index is 1.94. The number of nitrogens with one attached hydrogen (secondary N) is 1. The highest BCUT2D eigenvalue weighted by atomic mass is 16.5. The molecule has 2 rings (SSSR count). The molecule has 3 heteroatoms. The fourth-order valence-electron chi connectivity index (χ4n) is 2.45. The third-order valence-electron chi connectivity index (χ3n) is 3.66. The molecular weight excluding hydrogens is 224 g/mol. The fourth-order valence-corrected chi connectivity index (χ4v) is 2.45. The number of benzene rings is 1. The number of anilines is 1. The lowest BCUT2D eigenvalue weighted by Crippen LogP contribution is -2.26. The van der Waals surface area contributed by atoms with E-state index in [9.17, 15) is 0 Å². The predicted octanol–water partition coefficient (Wildman–Crippen LogP) is 2.19. The SMILES string of the molecule is COC(C)CNCc1ccc2c(c1)CCCN2C. The van der Waals surface area contributed by atoms with Crippen molar-refractivity contribution in [3.05, 3.63) is 29.3 Å². The molecule has 0 amide bonds. The molecule has 1 heterocycles. The minimum Gasteiger partial charge on any atom is -0.380 e. The summed E-state index contributed by atoms with van der Waals surface area (Å²) in [5.41, 5.74) is 4.26. The first-order valence-corrected chi connectivity index (χ1v) is 6.77. The van der Waals surface area contributed by atoms with Gasteiger partial charge >= 0.3 is 0 Å². The van der Waals surface area contributed by atoms with Crippen molar-refractivity contribution in [3.63, 3.8) is 0 Å². The second kappa shape index (κ2) is 6.21. The molecule has 1 atom stereocenters. The minimum absolute atomic E-state index is 0.272. The number of hydrogen-bond acceptors (Lipinski definition) is 3. The third kappa shape index (κ3) is 3.24. The molecule has 1 aliphatic heterocycles. The van der Waals surface area contributed by atoms with Crippen LogP contribution >= 0.6 is 0 Å². The van der Waals surface area contributed by atoms with E-state index in [2.05, 4.69) is 42.4 Å². The van der Waals surface area contributed by atoms with Gasteiger partial charge in [0.05, 0.1) is 6.10 Å². The maximum absolute atomic E-state index is 5.22. The molecule has 0 radical (unpaired) electrons. The maximum Gasteiger partial charge on any atom is 0.0667 e. The Labute approximate surface area is 110 Å². The Morgan fingerprint density at radius 1 is 1.44 bits per heavy atom. The molecule has 0 saturated carbocycles. The van der Waals surface area contributed by atoms with Gasteiger partial charge in [-0.3, -0.25) is 0 Å². The van der Waals surface area contributed by atoms with Crippen LogP contribution in [0, 0.1) is 0 Å². The maximum atomic E-state index is 5.22. The summed E-state index contributed by atoms with van der Waals surface area (Å²) in [4.78, 5) is 2.35. The number of methoxy groups -OCH3 is 1. The Hall–Kier alpha value is -1.06. The van der Waals surface area contributed by atoms with Gasteiger partial charge in [0.25, 0.3) is 0 Å². The molecule has 0 aliphatic carbocycles. The van der Waals surface area contributed by atoms with Gasteiger partial charge in [0.2, 0.25) is 0 Å². The summed E-state index contributed by atoms with van der Waals surface area (Å²) >= 11 is 0. The van der Waals surface area contributed by atoms with Crippen molar-refractivity contribution in [3.8, 4) is 0 Å². The van der Waals surface area contributed by atoms with E-state index in [1.165, 1.54) is 36.2 Å². The summed E-state index contributed by atoms with van der Waals surface area (Å²) in [6.07, 6.45) is 2.75. The van der Waals surface area contributed by atoms with E-state index in [4.69, 9.17) is 4.74 Å². The second-order valence-electron chi connectivity index (χ2n) is 5.17. The summed E-state index contributed by atoms with van der Waals surface area (Å²) in [5, 5.41) is 3.43. The zero-order valence-electron chi connectivity index (χ0n) is 11.7. The Bertz CT molecular complexity index is 392. The average Bonchev–Trinajstić information content (AvgIpc) is 2.38. The predicted molar refractivity (Wildman–Crippen MR) is 76.2 cm³/mol. The van der Waals surface area contributed by atoms with Crippen LogP contribution < -0.4 is 10.2 Å². The number of aryl methyl sites for hydroxylation is 1. The van der Waals surface area contributed by atoms with E-state index in [1.54, 1.807) is 7.11 Å². The minimum atomic E-state index is 0.272. The topological polar surface area (TPSA) is 24.5 Å². The number of hydrogen-bond donors (Lipinski definition) is 1. The molecule has 1 unspecified atom stereocenters. The first-order chi connectivity index (χ1) is 8.70. The zero-order valence-corrected chi connectivity index (χ0v) is 11.7. The van der Waals surface area contributed by atoms with Crippen LogP contribution in [-0.4, -0.2) is 33.4 Å². The second-order valence-corrected chi connectivity index (χ2v) is 5.17. The van der Waals surface area contributed by atoms with Crippen LogP contribution in [0.2, 0.25) is 0 Å². The van der Waals surface area contributed by atoms with Gasteiger partial charge in [-0.15, -0.1) is 0 Å².